The third-order valence-electron chi connectivity index (χ3n) is 5.97. The molecule has 1 aliphatic rings. The smallest absolute Gasteiger partial charge is 0.410 e. The fourth-order valence-electron chi connectivity index (χ4n) is 4.22. The van der Waals surface area contributed by atoms with Crippen LogP contribution >= 0.6 is 11.6 Å². The Morgan fingerprint density at radius 2 is 1.83 bits per heavy atom. The minimum Gasteiger partial charge on any atom is -0.444 e. The Labute approximate surface area is 212 Å². The molecule has 7 heteroatoms. The van der Waals surface area contributed by atoms with Crippen molar-refractivity contribution in [2.24, 2.45) is 0 Å². The Morgan fingerprint density at radius 3 is 2.57 bits per heavy atom. The number of hydrogen-bond donors (Lipinski definition) is 1. The lowest BCUT2D eigenvalue weighted by atomic mass is 10.0. The summed E-state index contributed by atoms with van der Waals surface area (Å²) in [5, 5.41) is 15.4. The average molecular weight is 491 g/mol. The molecule has 35 heavy (non-hydrogen) atoms. The summed E-state index contributed by atoms with van der Waals surface area (Å²) in [6.45, 7) is 9.10. The highest BCUT2D eigenvalue weighted by molar-refractivity contribution is 6.33. The Hall–Kier alpha value is -3.43. The van der Waals surface area contributed by atoms with Crippen LogP contribution in [-0.4, -0.2) is 42.8 Å². The van der Waals surface area contributed by atoms with Crippen molar-refractivity contribution < 1.29 is 9.53 Å². The third-order valence-corrected chi connectivity index (χ3v) is 6.27. The van der Waals surface area contributed by atoms with Crippen molar-refractivity contribution in [3.63, 3.8) is 0 Å². The van der Waals surface area contributed by atoms with Gasteiger partial charge in [0.15, 0.2) is 0 Å². The Kier molecular flexibility index (Phi) is 7.37. The first-order chi connectivity index (χ1) is 16.7. The molecule has 0 radical (unpaired) electrons. The summed E-state index contributed by atoms with van der Waals surface area (Å²) in [4.78, 5) is 16.5. The maximum atomic E-state index is 12.5. The van der Waals surface area contributed by atoms with Crippen LogP contribution in [0.2, 0.25) is 5.02 Å². The third kappa shape index (κ3) is 6.37. The van der Waals surface area contributed by atoms with Crippen LogP contribution in [0.1, 0.15) is 38.3 Å². The van der Waals surface area contributed by atoms with Gasteiger partial charge in [0, 0.05) is 38.4 Å². The lowest BCUT2D eigenvalue weighted by molar-refractivity contribution is 0.0263. The molecular weight excluding hydrogens is 460 g/mol. The van der Waals surface area contributed by atoms with Crippen LogP contribution < -0.4 is 10.2 Å². The molecule has 1 saturated heterocycles. The van der Waals surface area contributed by atoms with Crippen molar-refractivity contribution in [1.29, 1.82) is 5.26 Å². The molecule has 1 heterocycles. The van der Waals surface area contributed by atoms with E-state index in [1.54, 1.807) is 4.90 Å². The fourth-order valence-corrected chi connectivity index (χ4v) is 4.52. The van der Waals surface area contributed by atoms with Crippen molar-refractivity contribution in [1.82, 2.24) is 4.90 Å². The van der Waals surface area contributed by atoms with Crippen LogP contribution in [0.3, 0.4) is 0 Å². The highest BCUT2D eigenvalue weighted by Gasteiger charge is 2.25. The highest BCUT2D eigenvalue weighted by Crippen LogP contribution is 2.30. The summed E-state index contributed by atoms with van der Waals surface area (Å²) >= 11 is 6.68. The molecule has 182 valence electrons. The quantitative estimate of drug-likeness (QED) is 0.456. The number of hydrogen-bond acceptors (Lipinski definition) is 5. The lowest BCUT2D eigenvalue weighted by Gasteiger charge is -2.27. The zero-order chi connectivity index (χ0) is 25.0. The van der Waals surface area contributed by atoms with Crippen molar-refractivity contribution in [3.05, 3.63) is 70.7 Å². The molecule has 6 nitrogen and oxygen atoms in total. The minimum absolute atomic E-state index is 0.262. The van der Waals surface area contributed by atoms with Gasteiger partial charge in [-0.25, -0.2) is 4.79 Å². The number of rotatable bonds is 4. The van der Waals surface area contributed by atoms with E-state index < -0.39 is 5.60 Å². The standard InChI is InChI=1S/C28H31ClN4O2/c1-28(2,3)35-27(34)33-12-4-11-32(13-14-33)26-10-9-24(17-25(26)29)31-19-21-6-8-22-7-5-20(18-30)15-23(22)16-21/h5-10,15-17,31H,4,11-14,19H2,1-3H3. The van der Waals surface area contributed by atoms with E-state index >= 15 is 0 Å². The van der Waals surface area contributed by atoms with Crippen LogP contribution in [0.15, 0.2) is 54.6 Å². The predicted molar refractivity (Wildman–Crippen MR) is 142 cm³/mol. The Morgan fingerprint density at radius 1 is 1.03 bits per heavy atom. The zero-order valence-corrected chi connectivity index (χ0v) is 21.2. The van der Waals surface area contributed by atoms with Gasteiger partial charge in [0.05, 0.1) is 22.3 Å². The SMILES string of the molecule is CC(C)(C)OC(=O)N1CCCN(c2ccc(NCc3ccc4ccc(C#N)cc4c3)cc2Cl)CC1. The van der Waals surface area contributed by atoms with Crippen LogP contribution in [0.4, 0.5) is 16.2 Å². The maximum absolute atomic E-state index is 12.5. The highest BCUT2D eigenvalue weighted by atomic mass is 35.5. The number of nitrogens with zero attached hydrogens (tertiary/aromatic N) is 3. The number of ether oxygens (including phenoxy) is 1. The normalized spacial score (nSPS) is 14.4. The van der Waals surface area contributed by atoms with E-state index in [4.69, 9.17) is 21.6 Å². The predicted octanol–water partition coefficient (Wildman–Crippen LogP) is 6.42. The van der Waals surface area contributed by atoms with Crippen molar-refractivity contribution in [2.45, 2.75) is 39.3 Å². The van der Waals surface area contributed by atoms with Gasteiger partial charge in [0.1, 0.15) is 5.60 Å². The van der Waals surface area contributed by atoms with E-state index in [-0.39, 0.29) is 6.09 Å². The van der Waals surface area contributed by atoms with Gasteiger partial charge in [0.25, 0.3) is 0 Å². The van der Waals surface area contributed by atoms with Crippen LogP contribution in [0, 0.1) is 11.3 Å². The summed E-state index contributed by atoms with van der Waals surface area (Å²) in [5.74, 6) is 0. The summed E-state index contributed by atoms with van der Waals surface area (Å²) in [5.41, 5.74) is 3.20. The maximum Gasteiger partial charge on any atom is 0.410 e. The van der Waals surface area contributed by atoms with E-state index in [9.17, 15) is 4.79 Å². The van der Waals surface area contributed by atoms with Crippen molar-refractivity contribution in [2.75, 3.05) is 36.4 Å². The molecule has 1 fully saturated rings. The second kappa shape index (κ2) is 10.5. The molecule has 0 unspecified atom stereocenters. The molecule has 0 saturated carbocycles. The number of carbonyl (C=O) groups excluding carboxylic acids is 1. The molecule has 3 aromatic carbocycles. The van der Waals surface area contributed by atoms with Crippen LogP contribution in [0.5, 0.6) is 0 Å². The number of fused-ring (bicyclic) bond motifs is 1. The van der Waals surface area contributed by atoms with Crippen LogP contribution in [-0.2, 0) is 11.3 Å². The number of benzene rings is 3. The first-order valence-corrected chi connectivity index (χ1v) is 12.3. The molecular formula is C28H31ClN4O2. The molecule has 1 aliphatic heterocycles. The Bertz CT molecular complexity index is 1260. The van der Waals surface area contributed by atoms with Crippen molar-refractivity contribution in [3.8, 4) is 6.07 Å². The van der Waals surface area contributed by atoms with E-state index in [2.05, 4.69) is 34.5 Å². The molecule has 0 bridgehead atoms. The number of nitriles is 1. The average Bonchev–Trinajstić information content (AvgIpc) is 3.07. The van der Waals surface area contributed by atoms with Crippen LogP contribution in [0.25, 0.3) is 10.8 Å². The molecule has 0 aliphatic carbocycles. The fraction of sp³-hybridized carbons (Fsp3) is 0.357. The summed E-state index contributed by atoms with van der Waals surface area (Å²) in [6.07, 6.45) is 0.591. The van der Waals surface area contributed by atoms with Gasteiger partial charge < -0.3 is 19.9 Å². The van der Waals surface area contributed by atoms with Gasteiger partial charge in [-0.15, -0.1) is 0 Å². The van der Waals surface area contributed by atoms with Crippen molar-refractivity contribution >= 4 is 39.8 Å². The second-order valence-electron chi connectivity index (χ2n) is 9.84. The Balaban J connectivity index is 1.38. The topological polar surface area (TPSA) is 68.6 Å². The van der Waals surface area contributed by atoms with Gasteiger partial charge in [-0.3, -0.25) is 0 Å². The van der Waals surface area contributed by atoms with E-state index in [1.165, 1.54) is 0 Å². The van der Waals surface area contributed by atoms with E-state index in [0.29, 0.717) is 36.8 Å². The number of amides is 1. The number of carbonyl (C=O) groups is 1. The van der Waals surface area contributed by atoms with Gasteiger partial charge >= 0.3 is 6.09 Å². The first-order valence-electron chi connectivity index (χ1n) is 11.9. The first kappa shape index (κ1) is 24.7. The minimum atomic E-state index is -0.498. The molecule has 0 atom stereocenters. The molecule has 3 aromatic rings. The molecule has 4 rings (SSSR count). The molecule has 1 amide bonds. The largest absolute Gasteiger partial charge is 0.444 e. The number of nitrogens with one attached hydrogen (secondary N) is 1. The monoisotopic (exact) mass is 490 g/mol. The van der Waals surface area contributed by atoms with E-state index in [1.807, 2.05) is 57.2 Å². The molecule has 1 N–H and O–H groups in total. The number of halogens is 1. The van der Waals surface area contributed by atoms with Gasteiger partial charge in [-0.2, -0.15) is 5.26 Å². The summed E-state index contributed by atoms with van der Waals surface area (Å²) < 4.78 is 5.53. The lowest BCUT2D eigenvalue weighted by Crippen LogP contribution is -2.39. The van der Waals surface area contributed by atoms with Gasteiger partial charge in [-0.05, 0) is 79.9 Å². The molecule has 0 aromatic heterocycles. The molecule has 0 spiro atoms. The zero-order valence-electron chi connectivity index (χ0n) is 20.5. The van der Waals surface area contributed by atoms with Gasteiger partial charge in [0.2, 0.25) is 0 Å². The summed E-state index contributed by atoms with van der Waals surface area (Å²) in [7, 11) is 0. The van der Waals surface area contributed by atoms with E-state index in [0.717, 1.165) is 40.7 Å². The second-order valence-corrected chi connectivity index (χ2v) is 10.2. The summed E-state index contributed by atoms with van der Waals surface area (Å²) in [6, 6.07) is 20.2. The van der Waals surface area contributed by atoms with Gasteiger partial charge in [-0.1, -0.05) is 29.8 Å². The number of anilines is 2.